The van der Waals surface area contributed by atoms with Crippen molar-refractivity contribution in [2.75, 3.05) is 0 Å². The topological polar surface area (TPSA) is 129 Å². The summed E-state index contributed by atoms with van der Waals surface area (Å²) in [6.45, 7) is 4.31. The Bertz CT molecular complexity index is 1070. The zero-order valence-electron chi connectivity index (χ0n) is 17.8. The number of carboxylic acids is 2. The minimum Gasteiger partial charge on any atom is -0.477 e. The van der Waals surface area contributed by atoms with Crippen molar-refractivity contribution in [1.29, 1.82) is 0 Å². The van der Waals surface area contributed by atoms with Gasteiger partial charge in [0.15, 0.2) is 0 Å². The average Bonchev–Trinajstić information content (AvgIpc) is 3.32. The standard InChI is InChI=1S/C12H14N2.2C6H5NO2/c1-9-4-3-5-11(10(9)2)6-12-7-13-8-14-12;2*8-6(9)5-3-1-2-4-7-5/h3-5,7-8H,6H2,1-2H3,(H,13,14);2*1-4H,(H,8,9). The molecule has 4 aromatic rings. The third-order valence-electron chi connectivity index (χ3n) is 4.41. The van der Waals surface area contributed by atoms with E-state index in [0.29, 0.717) is 0 Å². The van der Waals surface area contributed by atoms with E-state index in [0.717, 1.165) is 12.1 Å². The summed E-state index contributed by atoms with van der Waals surface area (Å²) < 4.78 is 0. The molecule has 0 spiro atoms. The van der Waals surface area contributed by atoms with E-state index in [1.165, 1.54) is 41.2 Å². The van der Waals surface area contributed by atoms with Gasteiger partial charge in [0.05, 0.1) is 12.0 Å². The lowest BCUT2D eigenvalue weighted by Crippen LogP contribution is -1.97. The Labute approximate surface area is 185 Å². The number of carbonyl (C=O) groups is 2. The Hall–Kier alpha value is -4.33. The van der Waals surface area contributed by atoms with E-state index in [9.17, 15) is 9.59 Å². The number of hydrogen-bond acceptors (Lipinski definition) is 5. The molecule has 0 saturated carbocycles. The van der Waals surface area contributed by atoms with Gasteiger partial charge in [-0.05, 0) is 54.8 Å². The number of hydrogen-bond donors (Lipinski definition) is 3. The first-order valence-corrected chi connectivity index (χ1v) is 9.70. The van der Waals surface area contributed by atoms with Crippen LogP contribution >= 0.6 is 0 Å². The van der Waals surface area contributed by atoms with E-state index in [-0.39, 0.29) is 11.4 Å². The van der Waals surface area contributed by atoms with Gasteiger partial charge in [-0.2, -0.15) is 0 Å². The second-order valence-electron chi connectivity index (χ2n) is 6.64. The van der Waals surface area contributed by atoms with Crippen molar-refractivity contribution in [2.24, 2.45) is 0 Å². The Morgan fingerprint density at radius 1 is 0.812 bits per heavy atom. The zero-order valence-corrected chi connectivity index (χ0v) is 17.8. The number of aryl methyl sites for hydroxylation is 1. The van der Waals surface area contributed by atoms with E-state index in [2.05, 4.69) is 52.0 Å². The molecule has 0 amide bonds. The molecule has 3 aromatic heterocycles. The molecule has 8 heteroatoms. The Morgan fingerprint density at radius 3 is 1.81 bits per heavy atom. The summed E-state index contributed by atoms with van der Waals surface area (Å²) in [5, 5.41) is 16.6. The monoisotopic (exact) mass is 432 g/mol. The van der Waals surface area contributed by atoms with Crippen LogP contribution < -0.4 is 0 Å². The maximum absolute atomic E-state index is 10.1. The number of rotatable bonds is 4. The molecule has 0 saturated heterocycles. The van der Waals surface area contributed by atoms with E-state index in [1.54, 1.807) is 30.6 Å². The number of imidazole rings is 1. The predicted octanol–water partition coefficient (Wildman–Crippen LogP) is 4.18. The highest BCUT2D eigenvalue weighted by Crippen LogP contribution is 2.15. The smallest absolute Gasteiger partial charge is 0.354 e. The lowest BCUT2D eigenvalue weighted by molar-refractivity contribution is 0.0680. The number of benzene rings is 1. The summed E-state index contributed by atoms with van der Waals surface area (Å²) in [6, 6.07) is 15.9. The molecule has 0 atom stereocenters. The van der Waals surface area contributed by atoms with Crippen molar-refractivity contribution >= 4 is 11.9 Å². The molecule has 4 rings (SSSR count). The molecule has 32 heavy (non-hydrogen) atoms. The average molecular weight is 432 g/mol. The van der Waals surface area contributed by atoms with Crippen LogP contribution in [0.3, 0.4) is 0 Å². The van der Waals surface area contributed by atoms with Crippen molar-refractivity contribution < 1.29 is 19.8 Å². The Kier molecular flexibility index (Phi) is 9.27. The molecule has 0 unspecified atom stereocenters. The first-order valence-electron chi connectivity index (χ1n) is 9.70. The van der Waals surface area contributed by atoms with Crippen molar-refractivity contribution in [2.45, 2.75) is 20.3 Å². The highest BCUT2D eigenvalue weighted by atomic mass is 16.4. The van der Waals surface area contributed by atoms with Gasteiger partial charge >= 0.3 is 11.9 Å². The SMILES string of the molecule is Cc1cccc(Cc2c[nH]cn2)c1C.O=C(O)c1ccccn1.O=C(O)c1ccccn1. The number of aromatic amines is 1. The van der Waals surface area contributed by atoms with E-state index in [1.807, 2.05) is 6.20 Å². The molecule has 3 N–H and O–H groups in total. The number of carboxylic acid groups (broad SMARTS) is 2. The molecule has 8 nitrogen and oxygen atoms in total. The van der Waals surface area contributed by atoms with Crippen LogP contribution in [0.4, 0.5) is 0 Å². The molecule has 0 fully saturated rings. The largest absolute Gasteiger partial charge is 0.477 e. The molecule has 0 radical (unpaired) electrons. The number of pyridine rings is 2. The lowest BCUT2D eigenvalue weighted by Gasteiger charge is -2.06. The molecular formula is C24H24N4O4. The molecular weight excluding hydrogens is 408 g/mol. The number of aromatic carboxylic acids is 2. The minimum atomic E-state index is -0.990. The van der Waals surface area contributed by atoms with Crippen LogP contribution in [0.5, 0.6) is 0 Å². The molecule has 1 aromatic carbocycles. The molecule has 164 valence electrons. The third-order valence-corrected chi connectivity index (χ3v) is 4.41. The number of H-pyrrole nitrogens is 1. The van der Waals surface area contributed by atoms with Gasteiger partial charge in [-0.25, -0.2) is 24.5 Å². The fourth-order valence-electron chi connectivity index (χ4n) is 2.56. The third kappa shape index (κ3) is 7.83. The van der Waals surface area contributed by atoms with Crippen LogP contribution in [0.25, 0.3) is 0 Å². The summed E-state index contributed by atoms with van der Waals surface area (Å²) in [7, 11) is 0. The highest BCUT2D eigenvalue weighted by molar-refractivity contribution is 5.85. The van der Waals surface area contributed by atoms with Gasteiger partial charge in [0.25, 0.3) is 0 Å². The Balaban J connectivity index is 0.000000178. The maximum atomic E-state index is 10.1. The van der Waals surface area contributed by atoms with Crippen molar-refractivity contribution in [3.8, 4) is 0 Å². The second-order valence-corrected chi connectivity index (χ2v) is 6.64. The summed E-state index contributed by atoms with van der Waals surface area (Å²) >= 11 is 0. The number of nitrogens with zero attached hydrogens (tertiary/aromatic N) is 3. The van der Waals surface area contributed by atoms with Gasteiger partial charge < -0.3 is 15.2 Å². The van der Waals surface area contributed by atoms with Gasteiger partial charge in [0, 0.05) is 25.0 Å². The van der Waals surface area contributed by atoms with Crippen molar-refractivity contribution in [3.63, 3.8) is 0 Å². The molecule has 0 aliphatic carbocycles. The number of aromatic nitrogens is 4. The van der Waals surface area contributed by atoms with Gasteiger partial charge in [-0.1, -0.05) is 30.3 Å². The Morgan fingerprint density at radius 2 is 1.41 bits per heavy atom. The minimum absolute atomic E-state index is 0.0810. The number of nitrogens with one attached hydrogen (secondary N) is 1. The first kappa shape index (κ1) is 23.9. The van der Waals surface area contributed by atoms with Crippen molar-refractivity contribution in [1.82, 2.24) is 19.9 Å². The van der Waals surface area contributed by atoms with Gasteiger partial charge in [0.2, 0.25) is 0 Å². The molecule has 3 heterocycles. The second kappa shape index (κ2) is 12.4. The van der Waals surface area contributed by atoms with Crippen molar-refractivity contribution in [3.05, 3.63) is 113 Å². The molecule has 0 bridgehead atoms. The van der Waals surface area contributed by atoms with Crippen LogP contribution in [0.15, 0.2) is 79.5 Å². The fraction of sp³-hybridized carbons (Fsp3) is 0.125. The summed E-state index contributed by atoms with van der Waals surface area (Å²) in [6.07, 6.45) is 7.48. The summed E-state index contributed by atoms with van der Waals surface area (Å²) in [5.41, 5.74) is 5.33. The quantitative estimate of drug-likeness (QED) is 0.441. The van der Waals surface area contributed by atoms with Gasteiger partial charge in [-0.15, -0.1) is 0 Å². The van der Waals surface area contributed by atoms with Crippen LogP contribution in [0.2, 0.25) is 0 Å². The van der Waals surface area contributed by atoms with Gasteiger partial charge in [0.1, 0.15) is 11.4 Å². The predicted molar refractivity (Wildman–Crippen MR) is 120 cm³/mol. The first-order chi connectivity index (χ1) is 15.4. The lowest BCUT2D eigenvalue weighted by atomic mass is 10.0. The highest BCUT2D eigenvalue weighted by Gasteiger charge is 2.03. The molecule has 0 aliphatic rings. The summed E-state index contributed by atoms with van der Waals surface area (Å²) in [4.78, 5) is 34.6. The van der Waals surface area contributed by atoms with Gasteiger partial charge in [-0.3, -0.25) is 0 Å². The van der Waals surface area contributed by atoms with Crippen LogP contribution in [0.1, 0.15) is 43.4 Å². The normalized spacial score (nSPS) is 9.56. The van der Waals surface area contributed by atoms with E-state index < -0.39 is 11.9 Å². The summed E-state index contributed by atoms with van der Waals surface area (Å²) in [5.74, 6) is -1.98. The zero-order chi connectivity index (χ0) is 23.3. The molecule has 0 aliphatic heterocycles. The van der Waals surface area contributed by atoms with Crippen LogP contribution in [0, 0.1) is 13.8 Å². The van der Waals surface area contributed by atoms with Crippen LogP contribution in [-0.2, 0) is 6.42 Å². The van der Waals surface area contributed by atoms with Crippen LogP contribution in [-0.4, -0.2) is 42.1 Å². The van der Waals surface area contributed by atoms with E-state index >= 15 is 0 Å². The maximum Gasteiger partial charge on any atom is 0.354 e. The van der Waals surface area contributed by atoms with E-state index in [4.69, 9.17) is 10.2 Å². The fourth-order valence-corrected chi connectivity index (χ4v) is 2.56.